The molecule has 0 aliphatic carbocycles. The van der Waals surface area contributed by atoms with Gasteiger partial charge in [0.1, 0.15) is 11.5 Å². The van der Waals surface area contributed by atoms with Crippen molar-refractivity contribution >= 4 is 11.6 Å². The van der Waals surface area contributed by atoms with Gasteiger partial charge in [-0.1, -0.05) is 38.1 Å². The normalized spacial score (nSPS) is 16.5. The van der Waals surface area contributed by atoms with Crippen molar-refractivity contribution in [2.45, 2.75) is 32.1 Å². The van der Waals surface area contributed by atoms with Crippen molar-refractivity contribution in [1.82, 2.24) is 0 Å². The van der Waals surface area contributed by atoms with E-state index >= 15 is 0 Å². The molecule has 1 aliphatic rings. The Bertz CT molecular complexity index is 750. The van der Waals surface area contributed by atoms with Crippen molar-refractivity contribution in [1.29, 1.82) is 0 Å². The minimum Gasteiger partial charge on any atom is -0.497 e. The molecule has 1 unspecified atom stereocenters. The second-order valence-corrected chi connectivity index (χ2v) is 6.42. The number of carbonyl (C=O) groups excluding carboxylic acids is 1. The standard InChI is InChI=1S/C20H23NO3/c1-12(2)13-5-7-14(8-6-13)16-11-19(22)21-17-9-15(23-3)10-18(24-4)20(16)17/h5-10,12,16H,11H2,1-4H3,(H,21,22). The van der Waals surface area contributed by atoms with Crippen molar-refractivity contribution in [2.75, 3.05) is 19.5 Å². The summed E-state index contributed by atoms with van der Waals surface area (Å²) in [6.45, 7) is 4.35. The second-order valence-electron chi connectivity index (χ2n) is 6.42. The molecule has 24 heavy (non-hydrogen) atoms. The summed E-state index contributed by atoms with van der Waals surface area (Å²) in [5, 5.41) is 2.94. The first-order valence-corrected chi connectivity index (χ1v) is 8.19. The van der Waals surface area contributed by atoms with Gasteiger partial charge in [0.15, 0.2) is 0 Å². The van der Waals surface area contributed by atoms with Gasteiger partial charge in [0.05, 0.1) is 19.9 Å². The van der Waals surface area contributed by atoms with Crippen molar-refractivity contribution < 1.29 is 14.3 Å². The summed E-state index contributed by atoms with van der Waals surface area (Å²) in [4.78, 5) is 12.2. The Balaban J connectivity index is 2.09. The highest BCUT2D eigenvalue weighted by Crippen LogP contribution is 2.44. The fourth-order valence-corrected chi connectivity index (χ4v) is 3.24. The van der Waals surface area contributed by atoms with Crippen LogP contribution in [0.25, 0.3) is 0 Å². The van der Waals surface area contributed by atoms with Crippen molar-refractivity contribution in [3.63, 3.8) is 0 Å². The smallest absolute Gasteiger partial charge is 0.225 e. The molecule has 126 valence electrons. The van der Waals surface area contributed by atoms with Crippen LogP contribution in [0.3, 0.4) is 0 Å². The molecule has 0 aromatic heterocycles. The number of hydrogen-bond acceptors (Lipinski definition) is 3. The van der Waals surface area contributed by atoms with E-state index in [1.807, 2.05) is 12.1 Å². The lowest BCUT2D eigenvalue weighted by Crippen LogP contribution is -2.24. The zero-order valence-electron chi connectivity index (χ0n) is 14.6. The first-order chi connectivity index (χ1) is 11.5. The van der Waals surface area contributed by atoms with Crippen LogP contribution >= 0.6 is 0 Å². The molecule has 4 heteroatoms. The lowest BCUT2D eigenvalue weighted by Gasteiger charge is -2.28. The molecule has 0 fully saturated rings. The predicted molar refractivity (Wildman–Crippen MR) is 95.2 cm³/mol. The lowest BCUT2D eigenvalue weighted by atomic mass is 9.83. The number of ether oxygens (including phenoxy) is 2. The van der Waals surface area contributed by atoms with Gasteiger partial charge >= 0.3 is 0 Å². The molecule has 0 spiro atoms. The quantitative estimate of drug-likeness (QED) is 0.911. The van der Waals surface area contributed by atoms with Gasteiger partial charge in [0.2, 0.25) is 5.91 Å². The van der Waals surface area contributed by atoms with Gasteiger partial charge in [-0.15, -0.1) is 0 Å². The minimum atomic E-state index is -0.0178. The third-order valence-corrected chi connectivity index (χ3v) is 4.59. The van der Waals surface area contributed by atoms with Crippen LogP contribution in [-0.4, -0.2) is 20.1 Å². The molecule has 0 radical (unpaired) electrons. The molecule has 1 atom stereocenters. The highest BCUT2D eigenvalue weighted by Gasteiger charge is 2.30. The summed E-state index contributed by atoms with van der Waals surface area (Å²) < 4.78 is 10.9. The maximum atomic E-state index is 12.2. The molecule has 0 bridgehead atoms. The predicted octanol–water partition coefficient (Wildman–Crippen LogP) is 4.30. The largest absolute Gasteiger partial charge is 0.497 e. The van der Waals surface area contributed by atoms with Crippen LogP contribution in [0.1, 0.15) is 48.8 Å². The summed E-state index contributed by atoms with van der Waals surface area (Å²) in [5.74, 6) is 1.88. The van der Waals surface area contributed by atoms with Crippen LogP contribution in [-0.2, 0) is 4.79 Å². The number of rotatable bonds is 4. The van der Waals surface area contributed by atoms with Gasteiger partial charge in [-0.2, -0.15) is 0 Å². The molecule has 0 saturated carbocycles. The van der Waals surface area contributed by atoms with Crippen molar-refractivity contribution in [3.8, 4) is 11.5 Å². The van der Waals surface area contributed by atoms with E-state index in [0.29, 0.717) is 18.1 Å². The number of amides is 1. The van der Waals surface area contributed by atoms with E-state index in [1.165, 1.54) is 5.56 Å². The van der Waals surface area contributed by atoms with Gasteiger partial charge in [-0.3, -0.25) is 4.79 Å². The first-order valence-electron chi connectivity index (χ1n) is 8.19. The van der Waals surface area contributed by atoms with Crippen LogP contribution in [0, 0.1) is 0 Å². The maximum Gasteiger partial charge on any atom is 0.225 e. The number of fused-ring (bicyclic) bond motifs is 1. The number of benzene rings is 2. The topological polar surface area (TPSA) is 47.6 Å². The zero-order chi connectivity index (χ0) is 17.3. The maximum absolute atomic E-state index is 12.2. The Hall–Kier alpha value is -2.49. The van der Waals surface area contributed by atoms with Gasteiger partial charge < -0.3 is 14.8 Å². The van der Waals surface area contributed by atoms with E-state index in [4.69, 9.17) is 9.47 Å². The number of methoxy groups -OCH3 is 2. The first kappa shape index (κ1) is 16.4. The molecule has 4 nitrogen and oxygen atoms in total. The van der Waals surface area contributed by atoms with Crippen LogP contribution in [0.2, 0.25) is 0 Å². The summed E-state index contributed by atoms with van der Waals surface area (Å²) in [6.07, 6.45) is 0.413. The zero-order valence-corrected chi connectivity index (χ0v) is 14.6. The van der Waals surface area contributed by atoms with Gasteiger partial charge in [0, 0.05) is 30.0 Å². The Morgan fingerprint density at radius 2 is 1.79 bits per heavy atom. The third kappa shape index (κ3) is 2.96. The van der Waals surface area contributed by atoms with E-state index < -0.39 is 0 Å². The summed E-state index contributed by atoms with van der Waals surface area (Å²) in [5.41, 5.74) is 4.19. The molecule has 1 amide bonds. The molecule has 0 saturated heterocycles. The number of anilines is 1. The summed E-state index contributed by atoms with van der Waals surface area (Å²) in [7, 11) is 3.25. The number of carbonyl (C=O) groups is 1. The fraction of sp³-hybridized carbons (Fsp3) is 0.350. The van der Waals surface area contributed by atoms with Crippen LogP contribution in [0.5, 0.6) is 11.5 Å². The van der Waals surface area contributed by atoms with E-state index in [1.54, 1.807) is 14.2 Å². The van der Waals surface area contributed by atoms with Crippen LogP contribution in [0.15, 0.2) is 36.4 Å². The van der Waals surface area contributed by atoms with E-state index in [9.17, 15) is 4.79 Å². The highest BCUT2D eigenvalue weighted by molar-refractivity contribution is 5.96. The number of nitrogens with one attached hydrogen (secondary N) is 1. The highest BCUT2D eigenvalue weighted by atomic mass is 16.5. The van der Waals surface area contributed by atoms with Gasteiger partial charge in [-0.25, -0.2) is 0 Å². The Morgan fingerprint density at radius 1 is 1.08 bits per heavy atom. The summed E-state index contributed by atoms with van der Waals surface area (Å²) in [6, 6.07) is 12.2. The average Bonchev–Trinajstić information content (AvgIpc) is 2.59. The lowest BCUT2D eigenvalue weighted by molar-refractivity contribution is -0.116. The van der Waals surface area contributed by atoms with Crippen LogP contribution in [0.4, 0.5) is 5.69 Å². The van der Waals surface area contributed by atoms with Crippen molar-refractivity contribution in [3.05, 3.63) is 53.1 Å². The SMILES string of the molecule is COc1cc2c(c(OC)c1)C(c1ccc(C(C)C)cc1)CC(=O)N2. The molecule has 1 N–H and O–H groups in total. The minimum absolute atomic E-state index is 0.00995. The fourth-order valence-electron chi connectivity index (χ4n) is 3.24. The van der Waals surface area contributed by atoms with E-state index in [-0.39, 0.29) is 11.8 Å². The molecule has 1 heterocycles. The number of hydrogen-bond donors (Lipinski definition) is 1. The van der Waals surface area contributed by atoms with Gasteiger partial charge in [0.25, 0.3) is 0 Å². The monoisotopic (exact) mass is 325 g/mol. The third-order valence-electron chi connectivity index (χ3n) is 4.59. The summed E-state index contributed by atoms with van der Waals surface area (Å²) >= 11 is 0. The molecule has 2 aromatic rings. The molecule has 2 aromatic carbocycles. The molecular weight excluding hydrogens is 302 g/mol. The molecule has 3 rings (SSSR count). The Kier molecular flexibility index (Phi) is 4.47. The van der Waals surface area contributed by atoms with Crippen molar-refractivity contribution in [2.24, 2.45) is 0 Å². The second kappa shape index (κ2) is 6.56. The molecule has 1 aliphatic heterocycles. The van der Waals surface area contributed by atoms with E-state index in [0.717, 1.165) is 22.6 Å². The Labute approximate surface area is 142 Å². The molecular formula is C20H23NO3. The Morgan fingerprint density at radius 3 is 2.38 bits per heavy atom. The van der Waals surface area contributed by atoms with Crippen LogP contribution < -0.4 is 14.8 Å². The average molecular weight is 325 g/mol. The van der Waals surface area contributed by atoms with E-state index in [2.05, 4.69) is 43.4 Å². The van der Waals surface area contributed by atoms with Gasteiger partial charge in [-0.05, 0) is 17.0 Å².